The molecule has 3 rings (SSSR count). The molecule has 0 bridgehead atoms. The lowest BCUT2D eigenvalue weighted by atomic mass is 10.1. The van der Waals surface area contributed by atoms with Crippen LogP contribution < -0.4 is 0 Å². The van der Waals surface area contributed by atoms with Gasteiger partial charge in [0.05, 0.1) is 11.9 Å². The van der Waals surface area contributed by atoms with E-state index in [0.29, 0.717) is 5.69 Å². The van der Waals surface area contributed by atoms with Gasteiger partial charge < -0.3 is 5.11 Å². The molecular formula is C15H11Br2N3O. The maximum atomic E-state index is 10.3. The van der Waals surface area contributed by atoms with Crippen molar-refractivity contribution in [2.75, 3.05) is 0 Å². The molecule has 1 unspecified atom stereocenters. The highest BCUT2D eigenvalue weighted by Crippen LogP contribution is 2.22. The molecular weight excluding hydrogens is 398 g/mol. The molecule has 3 aromatic rings. The fourth-order valence-electron chi connectivity index (χ4n) is 1.94. The van der Waals surface area contributed by atoms with Crippen LogP contribution in [0.5, 0.6) is 0 Å². The van der Waals surface area contributed by atoms with Gasteiger partial charge in [0, 0.05) is 8.95 Å². The maximum Gasteiger partial charge on any atom is 0.124 e. The van der Waals surface area contributed by atoms with Crippen molar-refractivity contribution in [3.05, 3.63) is 74.9 Å². The van der Waals surface area contributed by atoms with Gasteiger partial charge in [-0.3, -0.25) is 0 Å². The second kappa shape index (κ2) is 6.09. The molecule has 106 valence electrons. The molecule has 0 amide bonds. The smallest absolute Gasteiger partial charge is 0.124 e. The molecule has 0 fully saturated rings. The molecule has 0 spiro atoms. The van der Waals surface area contributed by atoms with Crippen LogP contribution in [0.15, 0.2) is 63.7 Å². The minimum atomic E-state index is -0.790. The van der Waals surface area contributed by atoms with E-state index in [-0.39, 0.29) is 0 Å². The van der Waals surface area contributed by atoms with Crippen LogP contribution in [0.25, 0.3) is 5.69 Å². The summed E-state index contributed by atoms with van der Waals surface area (Å²) in [6, 6.07) is 15.2. The molecule has 0 radical (unpaired) electrons. The lowest BCUT2D eigenvalue weighted by Crippen LogP contribution is -1.99. The first-order chi connectivity index (χ1) is 10.1. The number of hydrogen-bond acceptors (Lipinski definition) is 3. The Kier molecular flexibility index (Phi) is 4.19. The normalized spacial score (nSPS) is 12.3. The van der Waals surface area contributed by atoms with Crippen LogP contribution in [0.4, 0.5) is 0 Å². The van der Waals surface area contributed by atoms with Crippen LogP contribution in [0, 0.1) is 0 Å². The van der Waals surface area contributed by atoms with Crippen molar-refractivity contribution in [2.24, 2.45) is 0 Å². The third kappa shape index (κ3) is 3.23. The summed E-state index contributed by atoms with van der Waals surface area (Å²) < 4.78 is 3.61. The molecule has 0 aliphatic rings. The number of aliphatic hydroxyl groups is 1. The molecule has 0 saturated heterocycles. The largest absolute Gasteiger partial charge is 0.382 e. The zero-order valence-electron chi connectivity index (χ0n) is 10.8. The van der Waals surface area contributed by atoms with E-state index >= 15 is 0 Å². The third-order valence-corrected chi connectivity index (χ3v) is 4.13. The summed E-state index contributed by atoms with van der Waals surface area (Å²) in [4.78, 5) is 0. The lowest BCUT2D eigenvalue weighted by Gasteiger charge is -2.07. The highest BCUT2D eigenvalue weighted by Gasteiger charge is 2.14. The Balaban J connectivity index is 1.87. The lowest BCUT2D eigenvalue weighted by molar-refractivity contribution is 0.215. The van der Waals surface area contributed by atoms with Crippen molar-refractivity contribution < 1.29 is 5.11 Å². The molecule has 0 aliphatic carbocycles. The number of aliphatic hydroxyl groups excluding tert-OH is 1. The number of halogens is 2. The standard InChI is InChI=1S/C15H11Br2N3O/c16-11-3-1-10(2-4-11)15(21)14-9-20(19-18-14)13-7-5-12(17)6-8-13/h1-9,15,21H. The molecule has 1 heterocycles. The minimum absolute atomic E-state index is 0.514. The van der Waals surface area contributed by atoms with Crippen molar-refractivity contribution in [2.45, 2.75) is 6.10 Å². The van der Waals surface area contributed by atoms with E-state index in [2.05, 4.69) is 42.2 Å². The summed E-state index contributed by atoms with van der Waals surface area (Å²) in [5.74, 6) is 0. The van der Waals surface area contributed by atoms with Gasteiger partial charge >= 0.3 is 0 Å². The van der Waals surface area contributed by atoms with Gasteiger partial charge in [-0.1, -0.05) is 49.2 Å². The summed E-state index contributed by atoms with van der Waals surface area (Å²) in [5, 5.41) is 18.5. The molecule has 1 aromatic heterocycles. The van der Waals surface area contributed by atoms with E-state index < -0.39 is 6.10 Å². The summed E-state index contributed by atoms with van der Waals surface area (Å²) in [6.07, 6.45) is 0.943. The maximum absolute atomic E-state index is 10.3. The zero-order valence-corrected chi connectivity index (χ0v) is 14.0. The number of rotatable bonds is 3. The average Bonchev–Trinajstić information content (AvgIpc) is 2.98. The molecule has 1 N–H and O–H groups in total. The average molecular weight is 409 g/mol. The molecule has 1 atom stereocenters. The molecule has 0 aliphatic heterocycles. The molecule has 4 nitrogen and oxygen atoms in total. The van der Waals surface area contributed by atoms with Gasteiger partial charge in [-0.15, -0.1) is 5.10 Å². The summed E-state index contributed by atoms with van der Waals surface area (Å²) in [5.41, 5.74) is 2.18. The highest BCUT2D eigenvalue weighted by atomic mass is 79.9. The number of aromatic nitrogens is 3. The van der Waals surface area contributed by atoms with Gasteiger partial charge in [0.25, 0.3) is 0 Å². The quantitative estimate of drug-likeness (QED) is 0.715. The van der Waals surface area contributed by atoms with Crippen LogP contribution in [-0.4, -0.2) is 20.1 Å². The Morgan fingerprint density at radius 3 is 2.10 bits per heavy atom. The topological polar surface area (TPSA) is 50.9 Å². The van der Waals surface area contributed by atoms with Gasteiger partial charge in [0.2, 0.25) is 0 Å². The summed E-state index contributed by atoms with van der Waals surface area (Å²) in [7, 11) is 0. The Hall–Kier alpha value is -1.50. The van der Waals surface area contributed by atoms with E-state index in [4.69, 9.17) is 0 Å². The third-order valence-electron chi connectivity index (χ3n) is 3.07. The fraction of sp³-hybridized carbons (Fsp3) is 0.0667. The van der Waals surface area contributed by atoms with Gasteiger partial charge in [-0.25, -0.2) is 4.68 Å². The van der Waals surface area contributed by atoms with E-state index in [0.717, 1.165) is 20.2 Å². The number of benzene rings is 2. The first-order valence-corrected chi connectivity index (χ1v) is 7.84. The summed E-state index contributed by atoms with van der Waals surface area (Å²) in [6.45, 7) is 0. The van der Waals surface area contributed by atoms with Crippen LogP contribution in [-0.2, 0) is 0 Å². The Morgan fingerprint density at radius 2 is 1.48 bits per heavy atom. The molecule has 2 aromatic carbocycles. The number of nitrogens with zero attached hydrogens (tertiary/aromatic N) is 3. The monoisotopic (exact) mass is 407 g/mol. The van der Waals surface area contributed by atoms with Crippen molar-refractivity contribution in [1.82, 2.24) is 15.0 Å². The zero-order chi connectivity index (χ0) is 14.8. The molecule has 6 heteroatoms. The van der Waals surface area contributed by atoms with Gasteiger partial charge in [-0.2, -0.15) is 0 Å². The molecule has 0 saturated carbocycles. The Bertz CT molecular complexity index is 738. The minimum Gasteiger partial charge on any atom is -0.382 e. The van der Waals surface area contributed by atoms with Crippen LogP contribution in [0.2, 0.25) is 0 Å². The van der Waals surface area contributed by atoms with Crippen molar-refractivity contribution >= 4 is 31.9 Å². The first-order valence-electron chi connectivity index (χ1n) is 6.25. The van der Waals surface area contributed by atoms with Crippen LogP contribution >= 0.6 is 31.9 Å². The van der Waals surface area contributed by atoms with Crippen LogP contribution in [0.3, 0.4) is 0 Å². The van der Waals surface area contributed by atoms with Gasteiger partial charge in [0.15, 0.2) is 0 Å². The van der Waals surface area contributed by atoms with Crippen molar-refractivity contribution in [3.8, 4) is 5.69 Å². The van der Waals surface area contributed by atoms with E-state index in [1.165, 1.54) is 0 Å². The highest BCUT2D eigenvalue weighted by molar-refractivity contribution is 9.10. The van der Waals surface area contributed by atoms with E-state index in [1.807, 2.05) is 48.5 Å². The van der Waals surface area contributed by atoms with Gasteiger partial charge in [-0.05, 0) is 42.0 Å². The fourth-order valence-corrected chi connectivity index (χ4v) is 2.47. The van der Waals surface area contributed by atoms with Crippen molar-refractivity contribution in [3.63, 3.8) is 0 Å². The summed E-state index contributed by atoms with van der Waals surface area (Å²) >= 11 is 6.77. The van der Waals surface area contributed by atoms with E-state index in [9.17, 15) is 5.11 Å². The first kappa shape index (κ1) is 14.4. The predicted molar refractivity (Wildman–Crippen MR) is 87.3 cm³/mol. The van der Waals surface area contributed by atoms with Crippen molar-refractivity contribution in [1.29, 1.82) is 0 Å². The number of hydrogen-bond donors (Lipinski definition) is 1. The Labute approximate surface area is 138 Å². The predicted octanol–water partition coefficient (Wildman–Crippen LogP) is 3.87. The van der Waals surface area contributed by atoms with Gasteiger partial charge in [0.1, 0.15) is 11.8 Å². The molecule has 21 heavy (non-hydrogen) atoms. The van der Waals surface area contributed by atoms with E-state index in [1.54, 1.807) is 10.9 Å². The SMILES string of the molecule is OC(c1ccc(Br)cc1)c1cn(-c2ccc(Br)cc2)nn1. The van der Waals surface area contributed by atoms with Crippen LogP contribution in [0.1, 0.15) is 17.4 Å². The Morgan fingerprint density at radius 1 is 0.905 bits per heavy atom. The second-order valence-electron chi connectivity index (χ2n) is 4.52. The second-order valence-corrected chi connectivity index (χ2v) is 6.35.